The molecule has 102 valence electrons. The molecule has 1 N–H and O–H groups in total. The standard InChI is InChI=1S/C15H20N2OS/c16-7-8-18-15-4-2-1-3-14(15)12-17-11-13-5-9-19-10-6-13/h1-4,13,17H,5-6,8-12H2. The van der Waals surface area contributed by atoms with Crippen molar-refractivity contribution < 1.29 is 4.74 Å². The number of ether oxygens (including phenoxy) is 1. The molecule has 19 heavy (non-hydrogen) atoms. The third-order valence-electron chi connectivity index (χ3n) is 3.35. The molecule has 1 saturated heterocycles. The molecule has 1 aliphatic heterocycles. The lowest BCUT2D eigenvalue weighted by molar-refractivity contribution is 0.361. The first-order chi connectivity index (χ1) is 9.40. The molecule has 1 heterocycles. The van der Waals surface area contributed by atoms with E-state index in [2.05, 4.69) is 23.1 Å². The Balaban J connectivity index is 1.79. The molecule has 0 aliphatic carbocycles. The molecule has 1 fully saturated rings. The van der Waals surface area contributed by atoms with Crippen LogP contribution >= 0.6 is 11.8 Å². The number of nitrogens with zero attached hydrogens (tertiary/aromatic N) is 1. The van der Waals surface area contributed by atoms with Gasteiger partial charge < -0.3 is 10.1 Å². The van der Waals surface area contributed by atoms with E-state index in [4.69, 9.17) is 10.00 Å². The second-order valence-electron chi connectivity index (χ2n) is 4.74. The van der Waals surface area contributed by atoms with Crippen LogP contribution in [0.25, 0.3) is 0 Å². The van der Waals surface area contributed by atoms with Crippen molar-refractivity contribution in [1.29, 1.82) is 5.26 Å². The van der Waals surface area contributed by atoms with Crippen LogP contribution in [0.2, 0.25) is 0 Å². The zero-order valence-corrected chi connectivity index (χ0v) is 11.9. The molecular weight excluding hydrogens is 256 g/mol. The van der Waals surface area contributed by atoms with Crippen LogP contribution in [-0.4, -0.2) is 24.7 Å². The van der Waals surface area contributed by atoms with Crippen molar-refractivity contribution in [3.8, 4) is 11.8 Å². The number of nitriles is 1. The summed E-state index contributed by atoms with van der Waals surface area (Å²) in [6.07, 6.45) is 2.65. The third kappa shape index (κ3) is 4.77. The quantitative estimate of drug-likeness (QED) is 0.868. The van der Waals surface area contributed by atoms with E-state index < -0.39 is 0 Å². The van der Waals surface area contributed by atoms with E-state index in [-0.39, 0.29) is 6.61 Å². The molecule has 0 bridgehead atoms. The summed E-state index contributed by atoms with van der Waals surface area (Å²) >= 11 is 2.06. The zero-order valence-electron chi connectivity index (χ0n) is 11.1. The Bertz CT molecular complexity index is 424. The van der Waals surface area contributed by atoms with Crippen LogP contribution < -0.4 is 10.1 Å². The van der Waals surface area contributed by atoms with E-state index in [1.165, 1.54) is 24.3 Å². The summed E-state index contributed by atoms with van der Waals surface area (Å²) in [5.41, 5.74) is 1.13. The molecule has 0 amide bonds. The number of thioether (sulfide) groups is 1. The topological polar surface area (TPSA) is 45.0 Å². The molecule has 1 aromatic carbocycles. The third-order valence-corrected chi connectivity index (χ3v) is 4.40. The molecule has 2 rings (SSSR count). The van der Waals surface area contributed by atoms with Crippen molar-refractivity contribution in [2.75, 3.05) is 24.7 Å². The summed E-state index contributed by atoms with van der Waals surface area (Å²) in [6, 6.07) is 9.93. The maximum Gasteiger partial charge on any atom is 0.174 e. The maximum atomic E-state index is 8.57. The van der Waals surface area contributed by atoms with Crippen LogP contribution in [0.5, 0.6) is 5.75 Å². The van der Waals surface area contributed by atoms with E-state index in [0.717, 1.165) is 30.3 Å². The van der Waals surface area contributed by atoms with E-state index in [1.807, 2.05) is 24.3 Å². The lowest BCUT2D eigenvalue weighted by Gasteiger charge is -2.21. The molecule has 1 aromatic rings. The van der Waals surface area contributed by atoms with E-state index in [1.54, 1.807) is 0 Å². The normalized spacial score (nSPS) is 15.9. The lowest BCUT2D eigenvalue weighted by Crippen LogP contribution is -2.25. The van der Waals surface area contributed by atoms with Gasteiger partial charge >= 0.3 is 0 Å². The highest BCUT2D eigenvalue weighted by Crippen LogP contribution is 2.22. The largest absolute Gasteiger partial charge is 0.478 e. The van der Waals surface area contributed by atoms with Crippen molar-refractivity contribution >= 4 is 11.8 Å². The predicted octanol–water partition coefficient (Wildman–Crippen LogP) is 2.82. The molecule has 0 saturated carbocycles. The zero-order chi connectivity index (χ0) is 13.3. The number of para-hydroxylation sites is 1. The van der Waals surface area contributed by atoms with E-state index in [0.29, 0.717) is 0 Å². The van der Waals surface area contributed by atoms with Crippen molar-refractivity contribution in [2.45, 2.75) is 19.4 Å². The molecule has 0 aromatic heterocycles. The summed E-state index contributed by atoms with van der Waals surface area (Å²) in [7, 11) is 0. The average Bonchev–Trinajstić information content (AvgIpc) is 2.47. The Labute approximate surface area is 119 Å². The maximum absolute atomic E-state index is 8.57. The number of hydrogen-bond acceptors (Lipinski definition) is 4. The molecule has 3 nitrogen and oxygen atoms in total. The minimum Gasteiger partial charge on any atom is -0.478 e. The van der Waals surface area contributed by atoms with Crippen LogP contribution in [0.4, 0.5) is 0 Å². The van der Waals surface area contributed by atoms with Gasteiger partial charge in [0.05, 0.1) is 0 Å². The Morgan fingerprint density at radius 3 is 2.89 bits per heavy atom. The monoisotopic (exact) mass is 276 g/mol. The molecule has 4 heteroatoms. The molecule has 1 aliphatic rings. The van der Waals surface area contributed by atoms with Gasteiger partial charge in [-0.05, 0) is 42.9 Å². The first-order valence-electron chi connectivity index (χ1n) is 6.76. The number of hydrogen-bond donors (Lipinski definition) is 1. The lowest BCUT2D eigenvalue weighted by atomic mass is 10.0. The van der Waals surface area contributed by atoms with E-state index >= 15 is 0 Å². The van der Waals surface area contributed by atoms with E-state index in [9.17, 15) is 0 Å². The van der Waals surface area contributed by atoms with Gasteiger partial charge in [0.2, 0.25) is 0 Å². The minimum absolute atomic E-state index is 0.108. The van der Waals surface area contributed by atoms with Crippen LogP contribution in [0.3, 0.4) is 0 Å². The molecular formula is C15H20N2OS. The summed E-state index contributed by atoms with van der Waals surface area (Å²) in [5.74, 6) is 4.23. The number of benzene rings is 1. The van der Waals surface area contributed by atoms with Crippen molar-refractivity contribution in [3.63, 3.8) is 0 Å². The van der Waals surface area contributed by atoms with Crippen LogP contribution in [0.15, 0.2) is 24.3 Å². The van der Waals surface area contributed by atoms with Gasteiger partial charge in [-0.3, -0.25) is 0 Å². The van der Waals surface area contributed by atoms with Gasteiger partial charge in [-0.2, -0.15) is 17.0 Å². The van der Waals surface area contributed by atoms with Gasteiger partial charge in [-0.1, -0.05) is 18.2 Å². The van der Waals surface area contributed by atoms with Crippen LogP contribution in [-0.2, 0) is 6.54 Å². The highest BCUT2D eigenvalue weighted by Gasteiger charge is 2.13. The molecule has 0 unspecified atom stereocenters. The van der Waals surface area contributed by atoms with Crippen molar-refractivity contribution in [2.24, 2.45) is 5.92 Å². The highest BCUT2D eigenvalue weighted by atomic mass is 32.2. The predicted molar refractivity (Wildman–Crippen MR) is 79.3 cm³/mol. The van der Waals surface area contributed by atoms with Crippen molar-refractivity contribution in [1.82, 2.24) is 5.32 Å². The van der Waals surface area contributed by atoms with Crippen LogP contribution in [0, 0.1) is 17.2 Å². The Hall–Kier alpha value is -1.18. The first-order valence-corrected chi connectivity index (χ1v) is 7.91. The fourth-order valence-electron chi connectivity index (χ4n) is 2.26. The number of nitrogens with one attached hydrogen (secondary N) is 1. The van der Waals surface area contributed by atoms with Gasteiger partial charge in [-0.25, -0.2) is 0 Å². The van der Waals surface area contributed by atoms with Gasteiger partial charge in [0.15, 0.2) is 6.61 Å². The second kappa shape index (κ2) is 8.08. The Morgan fingerprint density at radius 1 is 1.32 bits per heavy atom. The highest BCUT2D eigenvalue weighted by molar-refractivity contribution is 7.99. The van der Waals surface area contributed by atoms with Crippen LogP contribution in [0.1, 0.15) is 18.4 Å². The van der Waals surface area contributed by atoms with Gasteiger partial charge in [-0.15, -0.1) is 0 Å². The smallest absolute Gasteiger partial charge is 0.174 e. The fraction of sp³-hybridized carbons (Fsp3) is 0.533. The first kappa shape index (κ1) is 14.2. The molecule has 0 radical (unpaired) electrons. The van der Waals surface area contributed by atoms with Gasteiger partial charge in [0.1, 0.15) is 11.8 Å². The fourth-order valence-corrected chi connectivity index (χ4v) is 3.47. The Morgan fingerprint density at radius 2 is 2.11 bits per heavy atom. The van der Waals surface area contributed by atoms with Gasteiger partial charge in [0, 0.05) is 12.1 Å². The molecule has 0 atom stereocenters. The summed E-state index contributed by atoms with van der Waals surface area (Å²) in [4.78, 5) is 0. The average molecular weight is 276 g/mol. The number of rotatable bonds is 6. The SMILES string of the molecule is N#CCOc1ccccc1CNCC1CCSCC1. The van der Waals surface area contributed by atoms with Crippen molar-refractivity contribution in [3.05, 3.63) is 29.8 Å². The summed E-state index contributed by atoms with van der Waals surface area (Å²) in [5, 5.41) is 12.1. The van der Waals surface area contributed by atoms with Gasteiger partial charge in [0.25, 0.3) is 0 Å². The summed E-state index contributed by atoms with van der Waals surface area (Å²) < 4.78 is 5.42. The minimum atomic E-state index is 0.108. The molecule has 0 spiro atoms. The Kier molecular flexibility index (Phi) is 6.06. The summed E-state index contributed by atoms with van der Waals surface area (Å²) in [6.45, 7) is 2.00. The second-order valence-corrected chi connectivity index (χ2v) is 5.97.